The zero-order valence-corrected chi connectivity index (χ0v) is 13.8. The van der Waals surface area contributed by atoms with Gasteiger partial charge in [-0.2, -0.15) is 4.98 Å². The van der Waals surface area contributed by atoms with Crippen molar-refractivity contribution < 1.29 is 4.52 Å². The standard InChI is InChI=1S/C12H21N5O.HI/c1-3-13-12(16-10-6-4-5-7-10)14-8-11-15-9(2)17-18-11;/h10H,3-8H2,1-2H3,(H2,13,14,16);1H. The van der Waals surface area contributed by atoms with E-state index in [-0.39, 0.29) is 24.0 Å². The molecule has 7 heteroatoms. The van der Waals surface area contributed by atoms with Crippen LogP contribution < -0.4 is 10.6 Å². The quantitative estimate of drug-likeness (QED) is 0.476. The van der Waals surface area contributed by atoms with Crippen molar-refractivity contribution in [3.05, 3.63) is 11.7 Å². The average Bonchev–Trinajstić information content (AvgIpc) is 2.98. The molecule has 0 spiro atoms. The molecule has 0 aliphatic heterocycles. The zero-order chi connectivity index (χ0) is 12.8. The summed E-state index contributed by atoms with van der Waals surface area (Å²) < 4.78 is 5.04. The minimum absolute atomic E-state index is 0. The smallest absolute Gasteiger partial charge is 0.248 e. The van der Waals surface area contributed by atoms with Gasteiger partial charge in [0.25, 0.3) is 0 Å². The van der Waals surface area contributed by atoms with E-state index >= 15 is 0 Å². The summed E-state index contributed by atoms with van der Waals surface area (Å²) in [5.74, 6) is 2.03. The van der Waals surface area contributed by atoms with Gasteiger partial charge in [0.1, 0.15) is 6.54 Å². The molecule has 0 aromatic carbocycles. The first kappa shape index (κ1) is 16.2. The van der Waals surface area contributed by atoms with Crippen LogP contribution in [0.15, 0.2) is 9.52 Å². The van der Waals surface area contributed by atoms with Gasteiger partial charge in [-0.1, -0.05) is 18.0 Å². The van der Waals surface area contributed by atoms with E-state index in [1.165, 1.54) is 25.7 Å². The first-order chi connectivity index (χ1) is 8.78. The zero-order valence-electron chi connectivity index (χ0n) is 11.5. The summed E-state index contributed by atoms with van der Waals surface area (Å²) >= 11 is 0. The molecule has 1 aliphatic carbocycles. The number of aromatic nitrogens is 2. The molecule has 1 saturated carbocycles. The minimum Gasteiger partial charge on any atom is -0.357 e. The molecule has 0 bridgehead atoms. The van der Waals surface area contributed by atoms with E-state index in [0.29, 0.717) is 24.3 Å². The molecule has 0 amide bonds. The Bertz CT molecular complexity index is 401. The maximum absolute atomic E-state index is 5.04. The van der Waals surface area contributed by atoms with Gasteiger partial charge < -0.3 is 15.2 Å². The number of aryl methyl sites for hydroxylation is 1. The van der Waals surface area contributed by atoms with E-state index in [1.807, 2.05) is 0 Å². The summed E-state index contributed by atoms with van der Waals surface area (Å²) in [5.41, 5.74) is 0. The van der Waals surface area contributed by atoms with Gasteiger partial charge >= 0.3 is 0 Å². The van der Waals surface area contributed by atoms with Crippen LogP contribution in [-0.4, -0.2) is 28.7 Å². The number of halogens is 1. The molecule has 108 valence electrons. The molecule has 19 heavy (non-hydrogen) atoms. The SMILES string of the molecule is CCNC(=NCc1nc(C)no1)NC1CCCC1.I. The Morgan fingerprint density at radius 2 is 2.16 bits per heavy atom. The lowest BCUT2D eigenvalue weighted by molar-refractivity contribution is 0.376. The van der Waals surface area contributed by atoms with Crippen LogP contribution in [0.25, 0.3) is 0 Å². The van der Waals surface area contributed by atoms with Gasteiger partial charge in [0.15, 0.2) is 11.8 Å². The van der Waals surface area contributed by atoms with Crippen molar-refractivity contribution in [2.45, 2.75) is 52.1 Å². The molecular weight excluding hydrogens is 357 g/mol. The average molecular weight is 379 g/mol. The third kappa shape index (κ3) is 5.33. The molecule has 1 aliphatic rings. The van der Waals surface area contributed by atoms with E-state index in [1.54, 1.807) is 6.92 Å². The van der Waals surface area contributed by atoms with E-state index in [0.717, 1.165) is 12.5 Å². The molecule has 1 aromatic rings. The lowest BCUT2D eigenvalue weighted by Gasteiger charge is -2.16. The van der Waals surface area contributed by atoms with Crippen LogP contribution in [0, 0.1) is 6.92 Å². The van der Waals surface area contributed by atoms with Gasteiger partial charge in [-0.05, 0) is 26.7 Å². The highest BCUT2D eigenvalue weighted by molar-refractivity contribution is 14.0. The molecule has 0 unspecified atom stereocenters. The van der Waals surface area contributed by atoms with Crippen molar-refractivity contribution >= 4 is 29.9 Å². The largest absolute Gasteiger partial charge is 0.357 e. The van der Waals surface area contributed by atoms with Gasteiger partial charge in [-0.3, -0.25) is 0 Å². The lowest BCUT2D eigenvalue weighted by atomic mass is 10.2. The van der Waals surface area contributed by atoms with Crippen LogP contribution in [0.4, 0.5) is 0 Å². The molecule has 1 aromatic heterocycles. The topological polar surface area (TPSA) is 75.3 Å². The number of hydrogen-bond donors (Lipinski definition) is 2. The Kier molecular flexibility index (Phi) is 7.11. The van der Waals surface area contributed by atoms with Crippen LogP contribution in [0.3, 0.4) is 0 Å². The monoisotopic (exact) mass is 379 g/mol. The predicted octanol–water partition coefficient (Wildman–Crippen LogP) is 1.99. The van der Waals surface area contributed by atoms with Crippen LogP contribution in [-0.2, 0) is 6.54 Å². The lowest BCUT2D eigenvalue weighted by Crippen LogP contribution is -2.42. The predicted molar refractivity (Wildman–Crippen MR) is 84.7 cm³/mol. The highest BCUT2D eigenvalue weighted by Gasteiger charge is 2.15. The van der Waals surface area contributed by atoms with Gasteiger partial charge in [-0.25, -0.2) is 4.99 Å². The number of nitrogens with zero attached hydrogens (tertiary/aromatic N) is 3. The van der Waals surface area contributed by atoms with Crippen LogP contribution in [0.1, 0.15) is 44.3 Å². The van der Waals surface area contributed by atoms with E-state index in [9.17, 15) is 0 Å². The van der Waals surface area contributed by atoms with Crippen molar-refractivity contribution in [2.75, 3.05) is 6.54 Å². The molecular formula is C12H22IN5O. The highest BCUT2D eigenvalue weighted by Crippen LogP contribution is 2.17. The molecule has 1 fully saturated rings. The van der Waals surface area contributed by atoms with Crippen molar-refractivity contribution in [3.63, 3.8) is 0 Å². The van der Waals surface area contributed by atoms with E-state index in [4.69, 9.17) is 4.52 Å². The Labute approximate surface area is 130 Å². The summed E-state index contributed by atoms with van der Waals surface area (Å²) in [6.45, 7) is 5.13. The second kappa shape index (κ2) is 8.34. The second-order valence-electron chi connectivity index (χ2n) is 4.56. The number of aliphatic imine (C=N–C) groups is 1. The third-order valence-corrected chi connectivity index (χ3v) is 2.98. The number of rotatable bonds is 4. The summed E-state index contributed by atoms with van der Waals surface area (Å²) in [6, 6.07) is 0.548. The fourth-order valence-electron chi connectivity index (χ4n) is 2.13. The fourth-order valence-corrected chi connectivity index (χ4v) is 2.13. The number of hydrogen-bond acceptors (Lipinski definition) is 4. The minimum atomic E-state index is 0. The Morgan fingerprint density at radius 3 is 2.74 bits per heavy atom. The van der Waals surface area contributed by atoms with Crippen LogP contribution >= 0.6 is 24.0 Å². The van der Waals surface area contributed by atoms with E-state index in [2.05, 4.69) is 32.7 Å². The van der Waals surface area contributed by atoms with Crippen LogP contribution in [0.5, 0.6) is 0 Å². The molecule has 2 rings (SSSR count). The maximum Gasteiger partial charge on any atom is 0.248 e. The summed E-state index contributed by atoms with van der Waals surface area (Å²) in [6.07, 6.45) is 5.06. The molecule has 6 nitrogen and oxygen atoms in total. The fraction of sp³-hybridized carbons (Fsp3) is 0.750. The van der Waals surface area contributed by atoms with Crippen molar-refractivity contribution in [1.82, 2.24) is 20.8 Å². The van der Waals surface area contributed by atoms with Crippen molar-refractivity contribution in [1.29, 1.82) is 0 Å². The van der Waals surface area contributed by atoms with Gasteiger partial charge in [0.2, 0.25) is 5.89 Å². The summed E-state index contributed by atoms with van der Waals surface area (Å²) in [4.78, 5) is 8.59. The third-order valence-electron chi connectivity index (χ3n) is 2.98. The number of guanidine groups is 1. The molecule has 0 atom stereocenters. The Balaban J connectivity index is 0.00000180. The summed E-state index contributed by atoms with van der Waals surface area (Å²) in [5, 5.41) is 10.4. The molecule has 0 saturated heterocycles. The Morgan fingerprint density at radius 1 is 1.42 bits per heavy atom. The first-order valence-electron chi connectivity index (χ1n) is 6.62. The Hall–Kier alpha value is -0.860. The van der Waals surface area contributed by atoms with E-state index < -0.39 is 0 Å². The first-order valence-corrected chi connectivity index (χ1v) is 6.62. The summed E-state index contributed by atoms with van der Waals surface area (Å²) in [7, 11) is 0. The highest BCUT2D eigenvalue weighted by atomic mass is 127. The van der Waals surface area contributed by atoms with Crippen LogP contribution in [0.2, 0.25) is 0 Å². The maximum atomic E-state index is 5.04. The second-order valence-corrected chi connectivity index (χ2v) is 4.56. The van der Waals surface area contributed by atoms with Crippen molar-refractivity contribution in [2.24, 2.45) is 4.99 Å². The molecule has 1 heterocycles. The van der Waals surface area contributed by atoms with Crippen molar-refractivity contribution in [3.8, 4) is 0 Å². The molecule has 2 N–H and O–H groups in total. The normalized spacial score (nSPS) is 16.2. The molecule has 0 radical (unpaired) electrons. The number of nitrogens with one attached hydrogen (secondary N) is 2. The van der Waals surface area contributed by atoms with Gasteiger partial charge in [0.05, 0.1) is 0 Å². The van der Waals surface area contributed by atoms with Gasteiger partial charge in [-0.15, -0.1) is 24.0 Å². The van der Waals surface area contributed by atoms with Gasteiger partial charge in [0, 0.05) is 12.6 Å².